The molecule has 27 heavy (non-hydrogen) atoms. The van der Waals surface area contributed by atoms with E-state index >= 15 is 0 Å². The van der Waals surface area contributed by atoms with Gasteiger partial charge in [0.25, 0.3) is 5.91 Å². The quantitative estimate of drug-likeness (QED) is 0.777. The van der Waals surface area contributed by atoms with Crippen molar-refractivity contribution in [2.24, 2.45) is 11.8 Å². The summed E-state index contributed by atoms with van der Waals surface area (Å²) in [5, 5.41) is 0.753. The molecule has 0 unspecified atom stereocenters. The number of rotatable bonds is 3. The minimum Gasteiger partial charge on any atom is -0.452 e. The first-order valence-corrected chi connectivity index (χ1v) is 9.93. The first-order valence-electron chi connectivity index (χ1n) is 9.93. The average Bonchev–Trinajstić information content (AvgIpc) is 2.70. The number of benzene rings is 1. The van der Waals surface area contributed by atoms with E-state index in [9.17, 15) is 9.59 Å². The maximum absolute atomic E-state index is 12.6. The van der Waals surface area contributed by atoms with Gasteiger partial charge in [0, 0.05) is 24.2 Å². The van der Waals surface area contributed by atoms with E-state index in [0.717, 1.165) is 42.0 Å². The fraction of sp³-hybridized carbons (Fsp3) is 0.500. The fourth-order valence-corrected chi connectivity index (χ4v) is 4.60. The van der Waals surface area contributed by atoms with Crippen molar-refractivity contribution in [1.29, 1.82) is 0 Å². The number of likely N-dealkylation sites (tertiary alicyclic amines) is 1. The zero-order chi connectivity index (χ0) is 18.8. The van der Waals surface area contributed by atoms with Crippen LogP contribution in [0.25, 0.3) is 10.9 Å². The van der Waals surface area contributed by atoms with Crippen molar-refractivity contribution < 1.29 is 14.3 Å². The van der Waals surface area contributed by atoms with E-state index in [1.807, 2.05) is 36.1 Å². The third-order valence-corrected chi connectivity index (χ3v) is 6.03. The number of para-hydroxylation sites is 1. The van der Waals surface area contributed by atoms with E-state index in [1.165, 1.54) is 25.7 Å². The monoisotopic (exact) mass is 366 g/mol. The van der Waals surface area contributed by atoms with Crippen LogP contribution in [0.1, 0.15) is 48.2 Å². The van der Waals surface area contributed by atoms with Gasteiger partial charge in [0.1, 0.15) is 0 Å². The number of carbonyl (C=O) groups excluding carboxylic acids is 2. The van der Waals surface area contributed by atoms with Gasteiger partial charge in [0.05, 0.1) is 11.1 Å². The van der Waals surface area contributed by atoms with E-state index in [1.54, 1.807) is 6.07 Å². The minimum atomic E-state index is -0.461. The number of carbonyl (C=O) groups is 2. The normalized spacial score (nSPS) is 22.3. The van der Waals surface area contributed by atoms with Crippen molar-refractivity contribution in [2.45, 2.75) is 39.0 Å². The number of aromatic nitrogens is 1. The number of esters is 1. The molecule has 0 radical (unpaired) electrons. The highest BCUT2D eigenvalue weighted by molar-refractivity contribution is 6.04. The topological polar surface area (TPSA) is 59.5 Å². The smallest absolute Gasteiger partial charge is 0.339 e. The number of fused-ring (bicyclic) bond motifs is 2. The van der Waals surface area contributed by atoms with Crippen LogP contribution >= 0.6 is 0 Å². The first kappa shape index (κ1) is 18.0. The third-order valence-electron chi connectivity index (χ3n) is 6.03. The van der Waals surface area contributed by atoms with Crippen LogP contribution in [-0.4, -0.2) is 41.5 Å². The molecule has 1 aliphatic heterocycles. The van der Waals surface area contributed by atoms with Crippen LogP contribution < -0.4 is 0 Å². The summed E-state index contributed by atoms with van der Waals surface area (Å²) < 4.78 is 5.38. The lowest BCUT2D eigenvalue weighted by Gasteiger charge is -2.41. The predicted octanol–water partition coefficient (Wildman–Crippen LogP) is 3.74. The van der Waals surface area contributed by atoms with Crippen molar-refractivity contribution in [3.8, 4) is 0 Å². The highest BCUT2D eigenvalue weighted by Crippen LogP contribution is 2.36. The van der Waals surface area contributed by atoms with Crippen LogP contribution in [0.2, 0.25) is 0 Å². The summed E-state index contributed by atoms with van der Waals surface area (Å²) in [4.78, 5) is 31.5. The molecule has 2 aliphatic rings. The molecule has 1 saturated heterocycles. The molecule has 142 valence electrons. The molecular weight excluding hydrogens is 340 g/mol. The van der Waals surface area contributed by atoms with Gasteiger partial charge in [-0.3, -0.25) is 9.78 Å². The van der Waals surface area contributed by atoms with Gasteiger partial charge in [-0.1, -0.05) is 37.5 Å². The Kier molecular flexibility index (Phi) is 5.10. The maximum Gasteiger partial charge on any atom is 0.339 e. The highest BCUT2D eigenvalue weighted by atomic mass is 16.5. The summed E-state index contributed by atoms with van der Waals surface area (Å²) in [5.74, 6) is 0.857. The van der Waals surface area contributed by atoms with Gasteiger partial charge in [-0.05, 0) is 43.7 Å². The Labute approximate surface area is 159 Å². The molecule has 1 aromatic carbocycles. The summed E-state index contributed by atoms with van der Waals surface area (Å²) in [5.41, 5.74) is 1.98. The number of ether oxygens (including phenoxy) is 1. The lowest BCUT2D eigenvalue weighted by atomic mass is 9.75. The van der Waals surface area contributed by atoms with Crippen LogP contribution in [0.3, 0.4) is 0 Å². The van der Waals surface area contributed by atoms with E-state index in [-0.39, 0.29) is 12.5 Å². The zero-order valence-corrected chi connectivity index (χ0v) is 15.8. The van der Waals surface area contributed by atoms with Gasteiger partial charge in [0.2, 0.25) is 0 Å². The molecule has 0 bridgehead atoms. The Bertz CT molecular complexity index is 864. The van der Waals surface area contributed by atoms with Crippen LogP contribution in [-0.2, 0) is 9.53 Å². The molecule has 0 N–H and O–H groups in total. The molecule has 5 nitrogen and oxygen atoms in total. The summed E-state index contributed by atoms with van der Waals surface area (Å²) in [6, 6.07) is 9.22. The molecule has 1 aromatic heterocycles. The predicted molar refractivity (Wildman–Crippen MR) is 103 cm³/mol. The van der Waals surface area contributed by atoms with E-state index in [0.29, 0.717) is 11.5 Å². The second-order valence-corrected chi connectivity index (χ2v) is 7.84. The molecular formula is C22H26N2O3. The Morgan fingerprint density at radius 2 is 1.93 bits per heavy atom. The molecule has 0 spiro atoms. The summed E-state index contributed by atoms with van der Waals surface area (Å²) in [6.07, 6.45) is 6.20. The van der Waals surface area contributed by atoms with Crippen LogP contribution in [0.15, 0.2) is 30.3 Å². The number of aryl methyl sites for hydroxylation is 1. The van der Waals surface area contributed by atoms with Crippen molar-refractivity contribution in [3.05, 3.63) is 41.6 Å². The van der Waals surface area contributed by atoms with Crippen LogP contribution in [0, 0.1) is 18.8 Å². The van der Waals surface area contributed by atoms with Crippen molar-refractivity contribution in [1.82, 2.24) is 9.88 Å². The number of piperidine rings is 1. The van der Waals surface area contributed by atoms with Gasteiger partial charge >= 0.3 is 5.97 Å². The Hall–Kier alpha value is -2.43. The molecule has 2 fully saturated rings. The zero-order valence-electron chi connectivity index (χ0n) is 15.8. The van der Waals surface area contributed by atoms with Gasteiger partial charge in [-0.25, -0.2) is 4.79 Å². The second-order valence-electron chi connectivity index (χ2n) is 7.84. The Morgan fingerprint density at radius 1 is 1.15 bits per heavy atom. The number of hydrogen-bond acceptors (Lipinski definition) is 4. The largest absolute Gasteiger partial charge is 0.452 e. The maximum atomic E-state index is 12.6. The average molecular weight is 366 g/mol. The summed E-state index contributed by atoms with van der Waals surface area (Å²) in [7, 11) is 0. The SMILES string of the molecule is Cc1cc(C(=O)OCC(=O)N2CC[C@H]3CCCC[C@H]3C2)c2ccccc2n1. The molecule has 2 atom stereocenters. The van der Waals surface area contributed by atoms with E-state index in [2.05, 4.69) is 4.98 Å². The van der Waals surface area contributed by atoms with Gasteiger partial charge in [-0.15, -0.1) is 0 Å². The lowest BCUT2D eigenvalue weighted by Crippen LogP contribution is -2.46. The van der Waals surface area contributed by atoms with Gasteiger partial charge < -0.3 is 9.64 Å². The summed E-state index contributed by atoms with van der Waals surface area (Å²) in [6.45, 7) is 3.27. The van der Waals surface area contributed by atoms with E-state index < -0.39 is 5.97 Å². The van der Waals surface area contributed by atoms with Gasteiger partial charge in [-0.2, -0.15) is 0 Å². The Morgan fingerprint density at radius 3 is 2.78 bits per heavy atom. The fourth-order valence-electron chi connectivity index (χ4n) is 4.60. The summed E-state index contributed by atoms with van der Waals surface area (Å²) >= 11 is 0. The van der Waals surface area contributed by atoms with Gasteiger partial charge in [0.15, 0.2) is 6.61 Å². The van der Waals surface area contributed by atoms with Crippen molar-refractivity contribution in [3.63, 3.8) is 0 Å². The molecule has 2 heterocycles. The van der Waals surface area contributed by atoms with Crippen molar-refractivity contribution in [2.75, 3.05) is 19.7 Å². The highest BCUT2D eigenvalue weighted by Gasteiger charge is 2.33. The standard InChI is InChI=1S/C22H26N2O3/c1-15-12-19(18-8-4-5-9-20(18)23-15)22(26)27-14-21(25)24-11-10-16-6-2-3-7-17(16)13-24/h4-5,8-9,12,16-17H,2-3,6-7,10-11,13-14H2,1H3/t16-,17+/m1/s1. The molecule has 1 aliphatic carbocycles. The van der Waals surface area contributed by atoms with Crippen LogP contribution in [0.5, 0.6) is 0 Å². The lowest BCUT2D eigenvalue weighted by molar-refractivity contribution is -0.137. The Balaban J connectivity index is 1.40. The molecule has 1 amide bonds. The van der Waals surface area contributed by atoms with E-state index in [4.69, 9.17) is 4.74 Å². The third kappa shape index (κ3) is 3.82. The van der Waals surface area contributed by atoms with Crippen LogP contribution in [0.4, 0.5) is 0 Å². The molecule has 1 saturated carbocycles. The number of pyridine rings is 1. The second kappa shape index (κ2) is 7.67. The number of hydrogen-bond donors (Lipinski definition) is 0. The van der Waals surface area contributed by atoms with Crippen molar-refractivity contribution >= 4 is 22.8 Å². The number of amides is 1. The minimum absolute atomic E-state index is 0.0811. The molecule has 5 heteroatoms. The first-order chi connectivity index (χ1) is 13.1. The molecule has 2 aromatic rings. The molecule has 4 rings (SSSR count). The number of nitrogens with zero attached hydrogens (tertiary/aromatic N) is 2.